The van der Waals surface area contributed by atoms with E-state index in [0.717, 1.165) is 54.9 Å². The molecular weight excluding hydrogens is 358 g/mol. The van der Waals surface area contributed by atoms with Crippen LogP contribution in [-0.4, -0.2) is 41.3 Å². The first-order valence-electron chi connectivity index (χ1n) is 8.29. The second-order valence-electron chi connectivity index (χ2n) is 5.01. The van der Waals surface area contributed by atoms with Gasteiger partial charge in [-0.2, -0.15) is 0 Å². The summed E-state index contributed by atoms with van der Waals surface area (Å²) in [6, 6.07) is 0. The average molecular weight is 384 g/mol. The molecule has 8 heteroatoms. The summed E-state index contributed by atoms with van der Waals surface area (Å²) in [4.78, 5) is 14.7. The number of hydrogen-bond donors (Lipinski definition) is 2. The fourth-order valence-electron chi connectivity index (χ4n) is 1.95. The molecule has 2 aromatic heterocycles. The van der Waals surface area contributed by atoms with Crippen LogP contribution in [0, 0.1) is 0 Å². The molecule has 132 valence electrons. The average Bonchev–Trinajstić information content (AvgIpc) is 3.26. The van der Waals surface area contributed by atoms with E-state index in [0.29, 0.717) is 0 Å². The van der Waals surface area contributed by atoms with E-state index in [1.54, 1.807) is 34.4 Å². The Balaban J connectivity index is 1.65. The minimum atomic E-state index is 0.824. The highest BCUT2D eigenvalue weighted by atomic mass is 32.2. The van der Waals surface area contributed by atoms with Gasteiger partial charge in [0.25, 0.3) is 0 Å². The zero-order chi connectivity index (χ0) is 17.0. The van der Waals surface area contributed by atoms with Crippen LogP contribution in [0.1, 0.15) is 30.2 Å². The molecule has 0 saturated carbocycles. The van der Waals surface area contributed by atoms with Gasteiger partial charge < -0.3 is 10.6 Å². The molecule has 0 aromatic carbocycles. The van der Waals surface area contributed by atoms with E-state index >= 15 is 0 Å². The summed E-state index contributed by atoms with van der Waals surface area (Å²) >= 11 is 5.30. The first-order chi connectivity index (χ1) is 11.8. The van der Waals surface area contributed by atoms with Crippen molar-refractivity contribution in [3.05, 3.63) is 27.7 Å². The highest BCUT2D eigenvalue weighted by Crippen LogP contribution is 2.20. The van der Waals surface area contributed by atoms with Crippen LogP contribution in [0.25, 0.3) is 0 Å². The lowest BCUT2D eigenvalue weighted by atomic mass is 10.4. The van der Waals surface area contributed by atoms with Crippen LogP contribution in [0.2, 0.25) is 0 Å². The number of nitrogens with zero attached hydrogens (tertiary/aromatic N) is 3. The van der Waals surface area contributed by atoms with Crippen molar-refractivity contribution in [3.8, 4) is 0 Å². The maximum atomic E-state index is 4.63. The van der Waals surface area contributed by atoms with E-state index in [1.807, 2.05) is 17.8 Å². The Bertz CT molecular complexity index is 595. The first-order valence-corrected chi connectivity index (χ1v) is 11.0. The molecule has 5 nitrogen and oxygen atoms in total. The number of aryl methyl sites for hydroxylation is 1. The van der Waals surface area contributed by atoms with E-state index in [-0.39, 0.29) is 0 Å². The molecule has 0 bridgehead atoms. The van der Waals surface area contributed by atoms with E-state index in [1.165, 1.54) is 9.88 Å². The molecule has 0 amide bonds. The van der Waals surface area contributed by atoms with Gasteiger partial charge in [-0.15, -0.1) is 22.7 Å². The maximum absolute atomic E-state index is 4.63. The fraction of sp³-hybridized carbons (Fsp3) is 0.562. The molecule has 0 radical (unpaired) electrons. The molecule has 24 heavy (non-hydrogen) atoms. The van der Waals surface area contributed by atoms with Gasteiger partial charge in [0.2, 0.25) is 0 Å². The van der Waals surface area contributed by atoms with E-state index in [4.69, 9.17) is 0 Å². The molecule has 2 N–H and O–H groups in total. The number of thiazole rings is 2. The summed E-state index contributed by atoms with van der Waals surface area (Å²) in [5.74, 6) is 1.94. The van der Waals surface area contributed by atoms with E-state index < -0.39 is 0 Å². The van der Waals surface area contributed by atoms with Crippen molar-refractivity contribution >= 4 is 40.4 Å². The molecule has 0 spiro atoms. The van der Waals surface area contributed by atoms with E-state index in [9.17, 15) is 0 Å². The molecule has 0 aliphatic rings. The maximum Gasteiger partial charge on any atom is 0.191 e. The smallest absolute Gasteiger partial charge is 0.191 e. The number of rotatable bonds is 10. The predicted octanol–water partition coefficient (Wildman–Crippen LogP) is 3.44. The largest absolute Gasteiger partial charge is 0.357 e. The van der Waals surface area contributed by atoms with Crippen LogP contribution in [0.5, 0.6) is 0 Å². The third kappa shape index (κ3) is 7.19. The minimum absolute atomic E-state index is 0.824. The Morgan fingerprint density at radius 3 is 2.92 bits per heavy atom. The molecule has 2 heterocycles. The third-order valence-electron chi connectivity index (χ3n) is 3.13. The summed E-state index contributed by atoms with van der Waals surface area (Å²) < 4.78 is 1.14. The van der Waals surface area contributed by atoms with Gasteiger partial charge in [-0.25, -0.2) is 9.97 Å². The monoisotopic (exact) mass is 383 g/mol. The first kappa shape index (κ1) is 19.2. The zero-order valence-corrected chi connectivity index (χ0v) is 16.7. The highest BCUT2D eigenvalue weighted by Gasteiger charge is 2.02. The van der Waals surface area contributed by atoms with Crippen molar-refractivity contribution in [2.75, 3.05) is 25.4 Å². The Hall–Kier alpha value is -1.12. The van der Waals surface area contributed by atoms with Gasteiger partial charge >= 0.3 is 0 Å². The lowest BCUT2D eigenvalue weighted by molar-refractivity contribution is 0.792. The summed E-state index contributed by atoms with van der Waals surface area (Å²) in [6.45, 7) is 6.81. The molecule has 2 rings (SSSR count). The lowest BCUT2D eigenvalue weighted by Crippen LogP contribution is -2.38. The van der Waals surface area contributed by atoms with Gasteiger partial charge in [0, 0.05) is 54.5 Å². The van der Waals surface area contributed by atoms with Gasteiger partial charge in [-0.05, 0) is 19.8 Å². The topological polar surface area (TPSA) is 62.2 Å². The van der Waals surface area contributed by atoms with Crippen molar-refractivity contribution in [2.24, 2.45) is 4.99 Å². The van der Waals surface area contributed by atoms with Crippen LogP contribution < -0.4 is 10.6 Å². The molecule has 2 aromatic rings. The Kier molecular flexibility index (Phi) is 9.15. The molecule has 0 atom stereocenters. The van der Waals surface area contributed by atoms with E-state index in [2.05, 4.69) is 39.4 Å². The SMILES string of the molecule is CCNC(=NCCCSc1nccs1)NCCc1ncc(CC)s1. The van der Waals surface area contributed by atoms with Gasteiger partial charge in [0.15, 0.2) is 5.96 Å². The molecular formula is C16H25N5S3. The Morgan fingerprint density at radius 1 is 1.29 bits per heavy atom. The second kappa shape index (κ2) is 11.4. The molecule has 0 aliphatic heterocycles. The lowest BCUT2D eigenvalue weighted by Gasteiger charge is -2.10. The normalized spacial score (nSPS) is 11.7. The molecule has 0 unspecified atom stereocenters. The number of hydrogen-bond acceptors (Lipinski definition) is 6. The van der Waals surface area contributed by atoms with Crippen molar-refractivity contribution in [1.29, 1.82) is 0 Å². The van der Waals surface area contributed by atoms with Crippen LogP contribution in [0.3, 0.4) is 0 Å². The third-order valence-corrected chi connectivity index (χ3v) is 6.39. The zero-order valence-electron chi connectivity index (χ0n) is 14.2. The molecule has 0 saturated heterocycles. The predicted molar refractivity (Wildman–Crippen MR) is 107 cm³/mol. The van der Waals surface area contributed by atoms with Gasteiger partial charge in [0.05, 0.1) is 5.01 Å². The summed E-state index contributed by atoms with van der Waals surface area (Å²) in [7, 11) is 0. The number of aromatic nitrogens is 2. The number of thioether (sulfide) groups is 1. The van der Waals surface area contributed by atoms with Gasteiger partial charge in [-0.1, -0.05) is 18.7 Å². The van der Waals surface area contributed by atoms with Crippen LogP contribution in [0.4, 0.5) is 0 Å². The summed E-state index contributed by atoms with van der Waals surface area (Å²) in [6.07, 6.45) is 6.89. The van der Waals surface area contributed by atoms with Crippen molar-refractivity contribution in [2.45, 2.75) is 37.4 Å². The quantitative estimate of drug-likeness (QED) is 0.285. The van der Waals surface area contributed by atoms with Crippen molar-refractivity contribution < 1.29 is 0 Å². The molecule has 0 fully saturated rings. The van der Waals surface area contributed by atoms with Gasteiger partial charge in [-0.3, -0.25) is 4.99 Å². The molecule has 0 aliphatic carbocycles. The standard InChI is InChI=1S/C16H25N5S3/c1-3-13-12-21-14(24-13)6-8-19-15(17-4-2)18-7-5-10-22-16-20-9-11-23-16/h9,11-12H,3-8,10H2,1-2H3,(H2,17,18,19). The van der Waals surface area contributed by atoms with Crippen LogP contribution in [-0.2, 0) is 12.8 Å². The van der Waals surface area contributed by atoms with Crippen molar-refractivity contribution in [1.82, 2.24) is 20.6 Å². The Morgan fingerprint density at radius 2 is 2.21 bits per heavy atom. The number of nitrogens with one attached hydrogen (secondary N) is 2. The van der Waals surface area contributed by atoms with Crippen molar-refractivity contribution in [3.63, 3.8) is 0 Å². The highest BCUT2D eigenvalue weighted by molar-refractivity contribution is 8.00. The van der Waals surface area contributed by atoms with Gasteiger partial charge in [0.1, 0.15) is 4.34 Å². The second-order valence-corrected chi connectivity index (χ2v) is 8.45. The fourth-order valence-corrected chi connectivity index (χ4v) is 4.45. The number of aliphatic imine (C=N–C) groups is 1. The number of guanidine groups is 1. The Labute approximate surface area is 156 Å². The van der Waals surface area contributed by atoms with Crippen LogP contribution in [0.15, 0.2) is 27.1 Å². The van der Waals surface area contributed by atoms with Crippen LogP contribution >= 0.6 is 34.4 Å². The summed E-state index contributed by atoms with van der Waals surface area (Å²) in [5.41, 5.74) is 0. The summed E-state index contributed by atoms with van der Waals surface area (Å²) in [5, 5.41) is 9.89. The minimum Gasteiger partial charge on any atom is -0.357 e.